The molecule has 0 radical (unpaired) electrons. The van der Waals surface area contributed by atoms with E-state index in [1.165, 1.54) is 11.8 Å². The number of nitrogens with zero attached hydrogens (tertiary/aromatic N) is 2. The normalized spacial score (nSPS) is 10.3. The van der Waals surface area contributed by atoms with E-state index in [1.807, 2.05) is 6.92 Å². The van der Waals surface area contributed by atoms with Crippen LogP contribution >= 0.6 is 0 Å². The van der Waals surface area contributed by atoms with Gasteiger partial charge in [-0.05, 0) is 6.42 Å². The van der Waals surface area contributed by atoms with Crippen LogP contribution in [0, 0.1) is 0 Å². The third kappa shape index (κ3) is 4.06. The molecule has 0 aliphatic rings. The van der Waals surface area contributed by atoms with Crippen LogP contribution in [-0.2, 0) is 4.79 Å². The summed E-state index contributed by atoms with van der Waals surface area (Å²) < 4.78 is 0. The largest absolute Gasteiger partial charge is 0.307 e. The lowest BCUT2D eigenvalue weighted by Gasteiger charge is -2.05. The van der Waals surface area contributed by atoms with Gasteiger partial charge in [-0.2, -0.15) is 0 Å². The van der Waals surface area contributed by atoms with Gasteiger partial charge in [0, 0.05) is 20.5 Å². The Morgan fingerprint density at radius 2 is 2.30 bits per heavy atom. The van der Waals surface area contributed by atoms with Crippen LogP contribution in [0.5, 0.6) is 0 Å². The van der Waals surface area contributed by atoms with Gasteiger partial charge in [0.05, 0.1) is 6.34 Å². The second-order valence-electron chi connectivity index (χ2n) is 2.15. The van der Waals surface area contributed by atoms with Gasteiger partial charge in [0.1, 0.15) is 0 Å². The molecule has 0 heterocycles. The number of aliphatic imine (C=N–C) groups is 1. The Morgan fingerprint density at radius 1 is 1.70 bits per heavy atom. The van der Waals surface area contributed by atoms with Gasteiger partial charge in [0.25, 0.3) is 0 Å². The molecule has 3 nitrogen and oxygen atoms in total. The van der Waals surface area contributed by atoms with Crippen molar-refractivity contribution in [1.29, 1.82) is 0 Å². The third-order valence-corrected chi connectivity index (χ3v) is 1.10. The first-order valence-corrected chi connectivity index (χ1v) is 3.41. The minimum atomic E-state index is 0.0138. The topological polar surface area (TPSA) is 32.7 Å². The highest BCUT2D eigenvalue weighted by Crippen LogP contribution is 1.80. The van der Waals surface area contributed by atoms with Crippen LogP contribution in [0.1, 0.15) is 20.3 Å². The predicted octanol–water partition coefficient (Wildman–Crippen LogP) is 0.903. The van der Waals surface area contributed by atoms with Gasteiger partial charge < -0.3 is 4.90 Å². The maximum Gasteiger partial charge on any atom is 0.224 e. The number of hydrogen-bond donors (Lipinski definition) is 0. The molecule has 0 unspecified atom stereocenters. The van der Waals surface area contributed by atoms with Crippen LogP contribution in [0.2, 0.25) is 0 Å². The van der Waals surface area contributed by atoms with Gasteiger partial charge in [-0.15, -0.1) is 0 Å². The summed E-state index contributed by atoms with van der Waals surface area (Å²) in [5, 5.41) is 0. The molecular formula is C7H14N2O. The van der Waals surface area contributed by atoms with E-state index in [0.29, 0.717) is 0 Å². The summed E-state index contributed by atoms with van der Waals surface area (Å²) in [6.07, 6.45) is 2.58. The average molecular weight is 142 g/mol. The monoisotopic (exact) mass is 142 g/mol. The molecule has 0 aromatic rings. The second-order valence-corrected chi connectivity index (χ2v) is 2.15. The summed E-state index contributed by atoms with van der Waals surface area (Å²) in [6, 6.07) is 0. The highest BCUT2D eigenvalue weighted by molar-refractivity contribution is 5.85. The highest BCUT2D eigenvalue weighted by atomic mass is 16.2. The summed E-state index contributed by atoms with van der Waals surface area (Å²) >= 11 is 0. The predicted molar refractivity (Wildman–Crippen MR) is 42.1 cm³/mol. The Labute approximate surface area is 61.7 Å². The van der Waals surface area contributed by atoms with E-state index in [2.05, 4.69) is 4.99 Å². The van der Waals surface area contributed by atoms with Crippen LogP contribution in [-0.4, -0.2) is 30.7 Å². The first-order valence-electron chi connectivity index (χ1n) is 3.41. The molecule has 0 N–H and O–H groups in total. The third-order valence-electron chi connectivity index (χ3n) is 1.10. The molecule has 0 aromatic carbocycles. The number of carbonyl (C=O) groups is 1. The van der Waals surface area contributed by atoms with Crippen LogP contribution in [0.25, 0.3) is 0 Å². The Kier molecular flexibility index (Phi) is 4.54. The van der Waals surface area contributed by atoms with Crippen molar-refractivity contribution in [3.8, 4) is 0 Å². The minimum Gasteiger partial charge on any atom is -0.307 e. The maximum absolute atomic E-state index is 10.6. The lowest BCUT2D eigenvalue weighted by Crippen LogP contribution is -2.21. The van der Waals surface area contributed by atoms with Gasteiger partial charge in [0.2, 0.25) is 5.91 Å². The van der Waals surface area contributed by atoms with E-state index in [9.17, 15) is 4.79 Å². The molecule has 0 bridgehead atoms. The molecule has 1 amide bonds. The zero-order chi connectivity index (χ0) is 7.98. The summed E-state index contributed by atoms with van der Waals surface area (Å²) in [4.78, 5) is 16.0. The molecular weight excluding hydrogens is 128 g/mol. The summed E-state index contributed by atoms with van der Waals surface area (Å²) in [5.74, 6) is 0.0138. The zero-order valence-corrected chi connectivity index (χ0v) is 6.79. The number of amides is 1. The van der Waals surface area contributed by atoms with Gasteiger partial charge in [-0.3, -0.25) is 9.79 Å². The van der Waals surface area contributed by atoms with Crippen LogP contribution in [0.3, 0.4) is 0 Å². The number of rotatable bonds is 3. The first kappa shape index (κ1) is 9.14. The van der Waals surface area contributed by atoms with Gasteiger partial charge in [0.15, 0.2) is 0 Å². The molecule has 0 fully saturated rings. The molecule has 0 rings (SSSR count). The molecule has 58 valence electrons. The molecule has 0 saturated heterocycles. The average Bonchev–Trinajstić information content (AvgIpc) is 1.88. The van der Waals surface area contributed by atoms with Gasteiger partial charge in [-0.25, -0.2) is 0 Å². The van der Waals surface area contributed by atoms with Crippen molar-refractivity contribution in [2.75, 3.05) is 13.6 Å². The Hall–Kier alpha value is -0.860. The second kappa shape index (κ2) is 4.97. The van der Waals surface area contributed by atoms with E-state index in [4.69, 9.17) is 0 Å². The zero-order valence-electron chi connectivity index (χ0n) is 6.79. The fraction of sp³-hybridized carbons (Fsp3) is 0.714. The minimum absolute atomic E-state index is 0.0138. The van der Waals surface area contributed by atoms with E-state index in [-0.39, 0.29) is 5.91 Å². The summed E-state index contributed by atoms with van der Waals surface area (Å²) in [5.41, 5.74) is 0. The Bertz CT molecular complexity index is 132. The Morgan fingerprint density at radius 3 is 2.70 bits per heavy atom. The van der Waals surface area contributed by atoms with E-state index in [1.54, 1.807) is 13.4 Å². The summed E-state index contributed by atoms with van der Waals surface area (Å²) in [7, 11) is 1.70. The molecule has 0 aromatic heterocycles. The SMILES string of the molecule is CCCN=CN(C)C(C)=O. The Balaban J connectivity index is 3.55. The van der Waals surface area contributed by atoms with Crippen molar-refractivity contribution >= 4 is 12.2 Å². The van der Waals surface area contributed by atoms with Crippen LogP contribution < -0.4 is 0 Å². The van der Waals surface area contributed by atoms with E-state index in [0.717, 1.165) is 13.0 Å². The number of hydrogen-bond acceptors (Lipinski definition) is 2. The van der Waals surface area contributed by atoms with Crippen molar-refractivity contribution in [2.24, 2.45) is 4.99 Å². The van der Waals surface area contributed by atoms with Crippen LogP contribution in [0.15, 0.2) is 4.99 Å². The summed E-state index contributed by atoms with van der Waals surface area (Å²) in [6.45, 7) is 4.35. The van der Waals surface area contributed by atoms with E-state index < -0.39 is 0 Å². The van der Waals surface area contributed by atoms with Crippen molar-refractivity contribution in [3.63, 3.8) is 0 Å². The van der Waals surface area contributed by atoms with Crippen molar-refractivity contribution < 1.29 is 4.79 Å². The molecule has 0 atom stereocenters. The molecule has 0 aliphatic heterocycles. The lowest BCUT2D eigenvalue weighted by atomic mass is 10.5. The van der Waals surface area contributed by atoms with Crippen molar-refractivity contribution in [1.82, 2.24) is 4.90 Å². The molecule has 0 aliphatic carbocycles. The first-order chi connectivity index (χ1) is 4.68. The van der Waals surface area contributed by atoms with Crippen LogP contribution in [0.4, 0.5) is 0 Å². The standard InChI is InChI=1S/C7H14N2O/c1-4-5-8-6-9(3)7(2)10/h6H,4-5H2,1-3H3. The van der Waals surface area contributed by atoms with Gasteiger partial charge in [-0.1, -0.05) is 6.92 Å². The molecule has 0 saturated carbocycles. The lowest BCUT2D eigenvalue weighted by molar-refractivity contribution is -0.123. The number of carbonyl (C=O) groups excluding carboxylic acids is 1. The molecule has 3 heteroatoms. The molecule has 0 spiro atoms. The van der Waals surface area contributed by atoms with E-state index >= 15 is 0 Å². The maximum atomic E-state index is 10.6. The van der Waals surface area contributed by atoms with Crippen molar-refractivity contribution in [2.45, 2.75) is 20.3 Å². The van der Waals surface area contributed by atoms with Gasteiger partial charge >= 0.3 is 0 Å². The molecule has 10 heavy (non-hydrogen) atoms. The highest BCUT2D eigenvalue weighted by Gasteiger charge is 1.94. The quantitative estimate of drug-likeness (QED) is 0.425. The van der Waals surface area contributed by atoms with Crippen molar-refractivity contribution in [3.05, 3.63) is 0 Å². The fourth-order valence-corrected chi connectivity index (χ4v) is 0.391. The smallest absolute Gasteiger partial charge is 0.224 e. The fourth-order valence-electron chi connectivity index (χ4n) is 0.391.